The van der Waals surface area contributed by atoms with Crippen LogP contribution in [0.1, 0.15) is 11.3 Å². The van der Waals surface area contributed by atoms with Crippen LogP contribution < -0.4 is 5.56 Å². The Labute approximate surface area is 105 Å². The first-order valence-corrected chi connectivity index (χ1v) is 5.94. The van der Waals surface area contributed by atoms with Crippen molar-refractivity contribution < 1.29 is 0 Å². The molecule has 3 nitrogen and oxygen atoms in total. The summed E-state index contributed by atoms with van der Waals surface area (Å²) in [7, 11) is 1.80. The molecule has 0 radical (unpaired) electrons. The van der Waals surface area contributed by atoms with E-state index in [-0.39, 0.29) is 5.56 Å². The SMILES string of the molecule is Cc1ccc2c(c1)c1nc(C)ccc1c(=O)n2C. The maximum absolute atomic E-state index is 12.3. The Kier molecular flexibility index (Phi) is 2.23. The quantitative estimate of drug-likeness (QED) is 0.564. The van der Waals surface area contributed by atoms with Crippen LogP contribution in [0.4, 0.5) is 0 Å². The molecule has 0 aliphatic carbocycles. The van der Waals surface area contributed by atoms with Gasteiger partial charge in [-0.05, 0) is 38.1 Å². The van der Waals surface area contributed by atoms with Gasteiger partial charge in [-0.2, -0.15) is 0 Å². The summed E-state index contributed by atoms with van der Waals surface area (Å²) in [5.74, 6) is 0. The molecule has 0 unspecified atom stereocenters. The average Bonchev–Trinajstić information content (AvgIpc) is 2.36. The van der Waals surface area contributed by atoms with Crippen LogP contribution in [-0.4, -0.2) is 9.55 Å². The van der Waals surface area contributed by atoms with Crippen LogP contribution in [0.2, 0.25) is 0 Å². The molecule has 1 aromatic carbocycles. The molecule has 90 valence electrons. The normalized spacial score (nSPS) is 11.3. The number of hydrogen-bond donors (Lipinski definition) is 0. The van der Waals surface area contributed by atoms with Crippen molar-refractivity contribution in [2.24, 2.45) is 7.05 Å². The van der Waals surface area contributed by atoms with Crippen LogP contribution in [0.25, 0.3) is 21.8 Å². The van der Waals surface area contributed by atoms with E-state index in [0.29, 0.717) is 5.39 Å². The molecular weight excluding hydrogens is 224 g/mol. The minimum Gasteiger partial charge on any atom is -0.311 e. The minimum atomic E-state index is 0.00820. The second kappa shape index (κ2) is 3.67. The number of nitrogens with zero attached hydrogens (tertiary/aromatic N) is 2. The third-order valence-corrected chi connectivity index (χ3v) is 3.34. The van der Waals surface area contributed by atoms with E-state index in [0.717, 1.165) is 22.1 Å². The Balaban J connectivity index is 2.69. The van der Waals surface area contributed by atoms with Gasteiger partial charge in [-0.15, -0.1) is 0 Å². The van der Waals surface area contributed by atoms with Gasteiger partial charge in [0.05, 0.1) is 16.4 Å². The monoisotopic (exact) mass is 238 g/mol. The zero-order valence-electron chi connectivity index (χ0n) is 10.7. The number of hydrogen-bond acceptors (Lipinski definition) is 2. The first-order chi connectivity index (χ1) is 8.58. The van der Waals surface area contributed by atoms with Crippen molar-refractivity contribution in [2.45, 2.75) is 13.8 Å². The summed E-state index contributed by atoms with van der Waals surface area (Å²) < 4.78 is 1.69. The van der Waals surface area contributed by atoms with Crippen LogP contribution >= 0.6 is 0 Å². The molecule has 0 aliphatic rings. The van der Waals surface area contributed by atoms with Gasteiger partial charge >= 0.3 is 0 Å². The van der Waals surface area contributed by atoms with E-state index in [1.54, 1.807) is 11.6 Å². The van der Waals surface area contributed by atoms with Crippen molar-refractivity contribution in [1.29, 1.82) is 0 Å². The first kappa shape index (κ1) is 11.0. The molecule has 0 fully saturated rings. The number of aryl methyl sites for hydroxylation is 3. The Morgan fingerprint density at radius 3 is 2.61 bits per heavy atom. The van der Waals surface area contributed by atoms with Gasteiger partial charge in [0.15, 0.2) is 0 Å². The lowest BCUT2D eigenvalue weighted by Gasteiger charge is -2.09. The van der Waals surface area contributed by atoms with Gasteiger partial charge in [0.25, 0.3) is 5.56 Å². The zero-order valence-corrected chi connectivity index (χ0v) is 10.7. The Morgan fingerprint density at radius 1 is 1.06 bits per heavy atom. The molecule has 0 spiro atoms. The number of benzene rings is 1. The van der Waals surface area contributed by atoms with Crippen molar-refractivity contribution in [3.05, 3.63) is 51.9 Å². The summed E-state index contributed by atoms with van der Waals surface area (Å²) in [5.41, 5.74) is 3.84. The maximum atomic E-state index is 12.3. The molecule has 3 aromatic rings. The predicted octanol–water partition coefficient (Wildman–Crippen LogP) is 2.70. The number of fused-ring (bicyclic) bond motifs is 3. The highest BCUT2D eigenvalue weighted by Gasteiger charge is 2.09. The summed E-state index contributed by atoms with van der Waals surface area (Å²) in [6.45, 7) is 3.99. The van der Waals surface area contributed by atoms with Gasteiger partial charge in [0.2, 0.25) is 0 Å². The molecular formula is C15H14N2O. The maximum Gasteiger partial charge on any atom is 0.260 e. The van der Waals surface area contributed by atoms with E-state index in [4.69, 9.17) is 0 Å². The Morgan fingerprint density at radius 2 is 1.83 bits per heavy atom. The van der Waals surface area contributed by atoms with E-state index >= 15 is 0 Å². The molecule has 0 N–H and O–H groups in total. The number of rotatable bonds is 0. The van der Waals surface area contributed by atoms with Crippen molar-refractivity contribution in [2.75, 3.05) is 0 Å². The van der Waals surface area contributed by atoms with Crippen molar-refractivity contribution in [1.82, 2.24) is 9.55 Å². The molecule has 0 saturated carbocycles. The lowest BCUT2D eigenvalue weighted by Crippen LogP contribution is -2.17. The molecule has 2 heterocycles. The summed E-state index contributed by atoms with van der Waals surface area (Å²) in [6.07, 6.45) is 0. The first-order valence-electron chi connectivity index (χ1n) is 5.94. The fraction of sp³-hybridized carbons (Fsp3) is 0.200. The third-order valence-electron chi connectivity index (χ3n) is 3.34. The van der Waals surface area contributed by atoms with Crippen LogP contribution in [0.5, 0.6) is 0 Å². The summed E-state index contributed by atoms with van der Waals surface area (Å²) >= 11 is 0. The lowest BCUT2D eigenvalue weighted by atomic mass is 10.1. The molecule has 0 atom stereocenters. The van der Waals surface area contributed by atoms with E-state index in [1.807, 2.05) is 38.1 Å². The zero-order chi connectivity index (χ0) is 12.9. The topological polar surface area (TPSA) is 34.9 Å². The van der Waals surface area contributed by atoms with Crippen LogP contribution in [0.15, 0.2) is 35.1 Å². The fourth-order valence-corrected chi connectivity index (χ4v) is 2.36. The lowest BCUT2D eigenvalue weighted by molar-refractivity contribution is 0.916. The van der Waals surface area contributed by atoms with Gasteiger partial charge < -0.3 is 4.57 Å². The molecule has 3 heteroatoms. The smallest absolute Gasteiger partial charge is 0.260 e. The molecule has 0 saturated heterocycles. The van der Waals surface area contributed by atoms with E-state index in [1.165, 1.54) is 5.56 Å². The van der Waals surface area contributed by atoms with Gasteiger partial charge in [-0.1, -0.05) is 11.6 Å². The molecule has 18 heavy (non-hydrogen) atoms. The van der Waals surface area contributed by atoms with Crippen molar-refractivity contribution >= 4 is 21.8 Å². The fourth-order valence-electron chi connectivity index (χ4n) is 2.36. The van der Waals surface area contributed by atoms with E-state index < -0.39 is 0 Å². The highest BCUT2D eigenvalue weighted by molar-refractivity contribution is 6.03. The standard InChI is InChI=1S/C15H14N2O/c1-9-4-7-13-12(8-9)14-11(15(18)17(13)3)6-5-10(2)16-14/h4-8H,1-3H3. The van der Waals surface area contributed by atoms with Crippen molar-refractivity contribution in [3.8, 4) is 0 Å². The van der Waals surface area contributed by atoms with Gasteiger partial charge in [-0.25, -0.2) is 0 Å². The minimum absolute atomic E-state index is 0.00820. The van der Waals surface area contributed by atoms with Gasteiger partial charge in [-0.3, -0.25) is 9.78 Å². The Hall–Kier alpha value is -2.16. The second-order valence-corrected chi connectivity index (χ2v) is 4.73. The highest BCUT2D eigenvalue weighted by Crippen LogP contribution is 2.22. The highest BCUT2D eigenvalue weighted by atomic mass is 16.1. The molecule has 0 aliphatic heterocycles. The average molecular weight is 238 g/mol. The largest absolute Gasteiger partial charge is 0.311 e. The number of pyridine rings is 2. The predicted molar refractivity (Wildman–Crippen MR) is 74.0 cm³/mol. The van der Waals surface area contributed by atoms with Gasteiger partial charge in [0.1, 0.15) is 0 Å². The summed E-state index contributed by atoms with van der Waals surface area (Å²) in [5, 5.41) is 1.72. The second-order valence-electron chi connectivity index (χ2n) is 4.73. The third kappa shape index (κ3) is 1.44. The molecule has 0 amide bonds. The van der Waals surface area contributed by atoms with Crippen LogP contribution in [0.3, 0.4) is 0 Å². The number of aromatic nitrogens is 2. The van der Waals surface area contributed by atoms with Crippen molar-refractivity contribution in [3.63, 3.8) is 0 Å². The van der Waals surface area contributed by atoms with Crippen LogP contribution in [0, 0.1) is 13.8 Å². The Bertz CT molecular complexity index is 831. The molecule has 3 rings (SSSR count). The summed E-state index contributed by atoms with van der Waals surface area (Å²) in [4.78, 5) is 16.8. The molecule has 2 aromatic heterocycles. The van der Waals surface area contributed by atoms with E-state index in [2.05, 4.69) is 11.1 Å². The van der Waals surface area contributed by atoms with E-state index in [9.17, 15) is 4.79 Å². The van der Waals surface area contributed by atoms with Crippen LogP contribution in [-0.2, 0) is 7.05 Å². The van der Waals surface area contributed by atoms with Gasteiger partial charge in [0, 0.05) is 18.1 Å². The molecule has 0 bridgehead atoms. The summed E-state index contributed by atoms with van der Waals surface area (Å²) in [6, 6.07) is 9.83.